The molecule has 2 atom stereocenters. The van der Waals surface area contributed by atoms with Crippen LogP contribution in [0.25, 0.3) is 0 Å². The van der Waals surface area contributed by atoms with Gasteiger partial charge in [-0.2, -0.15) is 0 Å². The van der Waals surface area contributed by atoms with Crippen molar-refractivity contribution in [3.63, 3.8) is 0 Å². The average Bonchev–Trinajstić information content (AvgIpc) is 3.07. The molecule has 0 radical (unpaired) electrons. The number of carbonyl (C=O) groups is 1. The maximum absolute atomic E-state index is 14.3. The van der Waals surface area contributed by atoms with Gasteiger partial charge in [0.2, 0.25) is 10.0 Å². The number of ether oxygens (including phenoxy) is 2. The first-order valence-corrected chi connectivity index (χ1v) is 18.2. The first-order valence-electron chi connectivity index (χ1n) is 16.7. The van der Waals surface area contributed by atoms with E-state index in [2.05, 4.69) is 29.5 Å². The van der Waals surface area contributed by atoms with E-state index in [1.807, 2.05) is 20.8 Å². The van der Waals surface area contributed by atoms with E-state index in [9.17, 15) is 22.7 Å². The van der Waals surface area contributed by atoms with E-state index >= 15 is 0 Å². The molecule has 0 saturated carbocycles. The van der Waals surface area contributed by atoms with Gasteiger partial charge in [0, 0.05) is 55.9 Å². The number of aliphatic hydroxyl groups is 1. The Kier molecular flexibility index (Phi) is 10.2. The van der Waals surface area contributed by atoms with Gasteiger partial charge in [-0.15, -0.1) is 0 Å². The standard InChI is InChI=1S/C34H44FN7O6S/c1-4-42(24(2)3)32(43)28-16-25(35)7-8-29(28)48-30-18-37-23-38-31(30)41-20-33(21-41)11-14-40(15-12-33)22-34(44)10-9-26(19-47-34)39-49(45,46)27-6-5-13-36-17-27/h5-8,13,16-18,23-24,26,39,44H,4,9-12,14-15,19-22H2,1-3H3/t26-,34-/m1/s1. The van der Waals surface area contributed by atoms with Gasteiger partial charge in [-0.1, -0.05) is 0 Å². The summed E-state index contributed by atoms with van der Waals surface area (Å²) < 4.78 is 54.3. The number of nitrogens with one attached hydrogen (secondary N) is 1. The Morgan fingerprint density at radius 3 is 2.59 bits per heavy atom. The zero-order valence-corrected chi connectivity index (χ0v) is 28.9. The molecule has 1 spiro atoms. The highest BCUT2D eigenvalue weighted by molar-refractivity contribution is 7.89. The van der Waals surface area contributed by atoms with Crippen LogP contribution >= 0.6 is 0 Å². The number of anilines is 1. The number of pyridine rings is 1. The summed E-state index contributed by atoms with van der Waals surface area (Å²) >= 11 is 0. The number of aromatic nitrogens is 3. The predicted octanol–water partition coefficient (Wildman–Crippen LogP) is 3.42. The van der Waals surface area contributed by atoms with E-state index in [0.29, 0.717) is 37.5 Å². The first-order chi connectivity index (χ1) is 23.4. The second kappa shape index (κ2) is 14.2. The van der Waals surface area contributed by atoms with E-state index in [4.69, 9.17) is 9.47 Å². The molecule has 0 unspecified atom stereocenters. The van der Waals surface area contributed by atoms with Crippen LogP contribution in [0.5, 0.6) is 11.5 Å². The van der Waals surface area contributed by atoms with Crippen LogP contribution in [-0.4, -0.2) is 108 Å². The Hall–Kier alpha value is -3.76. The average molecular weight is 698 g/mol. The summed E-state index contributed by atoms with van der Waals surface area (Å²) in [6, 6.07) is 6.50. The smallest absolute Gasteiger partial charge is 0.257 e. The van der Waals surface area contributed by atoms with E-state index in [1.54, 1.807) is 17.2 Å². The lowest BCUT2D eigenvalue weighted by molar-refractivity contribution is -0.239. The minimum atomic E-state index is -3.72. The fourth-order valence-corrected chi connectivity index (χ4v) is 8.20. The molecule has 15 heteroatoms. The van der Waals surface area contributed by atoms with Gasteiger partial charge in [-0.25, -0.2) is 27.5 Å². The third-order valence-corrected chi connectivity index (χ3v) is 11.2. The van der Waals surface area contributed by atoms with Gasteiger partial charge in [0.25, 0.3) is 5.91 Å². The Morgan fingerprint density at radius 1 is 1.16 bits per heavy atom. The highest BCUT2D eigenvalue weighted by atomic mass is 32.2. The molecule has 3 aliphatic heterocycles. The number of hydrogen-bond acceptors (Lipinski definition) is 11. The Morgan fingerprint density at radius 2 is 1.94 bits per heavy atom. The van der Waals surface area contributed by atoms with Crippen molar-refractivity contribution in [2.75, 3.05) is 50.8 Å². The van der Waals surface area contributed by atoms with Crippen molar-refractivity contribution in [3.8, 4) is 11.5 Å². The summed E-state index contributed by atoms with van der Waals surface area (Å²) in [4.78, 5) is 32.0. The van der Waals surface area contributed by atoms with Gasteiger partial charge in [-0.05, 0) is 83.5 Å². The van der Waals surface area contributed by atoms with Crippen LogP contribution in [0, 0.1) is 11.2 Å². The normalized spacial score (nSPS) is 22.6. The molecule has 13 nitrogen and oxygen atoms in total. The molecule has 0 bridgehead atoms. The molecule has 1 amide bonds. The molecule has 3 aromatic rings. The summed E-state index contributed by atoms with van der Waals surface area (Å²) in [6.45, 7) is 9.71. The van der Waals surface area contributed by atoms with Gasteiger partial charge in [0.15, 0.2) is 17.4 Å². The number of nitrogens with zero attached hydrogens (tertiary/aromatic N) is 6. The van der Waals surface area contributed by atoms with E-state index in [0.717, 1.165) is 39.0 Å². The topological polar surface area (TPSA) is 150 Å². The Labute approximate surface area is 286 Å². The SMILES string of the molecule is CCN(C(=O)c1cc(F)ccc1Oc1cncnc1N1CC2(CCN(C[C@@]3(O)CC[C@@H](NS(=O)(=O)c4cccnc4)CO3)CC2)C1)C(C)C. The summed E-state index contributed by atoms with van der Waals surface area (Å²) in [6.07, 6.45) is 8.45. The van der Waals surface area contributed by atoms with Crippen LogP contribution in [0.4, 0.5) is 10.2 Å². The zero-order chi connectivity index (χ0) is 34.8. The van der Waals surface area contributed by atoms with Gasteiger partial charge in [0.05, 0.1) is 24.9 Å². The molecule has 264 valence electrons. The first kappa shape index (κ1) is 35.1. The number of piperidine rings is 1. The van der Waals surface area contributed by atoms with Crippen LogP contribution in [-0.2, 0) is 14.8 Å². The molecule has 49 heavy (non-hydrogen) atoms. The maximum Gasteiger partial charge on any atom is 0.257 e. The summed E-state index contributed by atoms with van der Waals surface area (Å²) in [5.74, 6) is -0.935. The number of amides is 1. The van der Waals surface area contributed by atoms with Crippen molar-refractivity contribution >= 4 is 21.7 Å². The molecule has 1 aromatic carbocycles. The highest BCUT2D eigenvalue weighted by Gasteiger charge is 2.47. The van der Waals surface area contributed by atoms with Gasteiger partial charge >= 0.3 is 0 Å². The molecule has 3 fully saturated rings. The molecule has 6 rings (SSSR count). The number of carbonyl (C=O) groups excluding carboxylic acids is 1. The van der Waals surface area contributed by atoms with Crippen molar-refractivity contribution in [1.82, 2.24) is 29.5 Å². The van der Waals surface area contributed by atoms with Crippen LogP contribution in [0.1, 0.15) is 56.8 Å². The second-order valence-corrected chi connectivity index (χ2v) is 15.3. The van der Waals surface area contributed by atoms with Crippen molar-refractivity contribution < 1.29 is 32.2 Å². The van der Waals surface area contributed by atoms with E-state index < -0.39 is 27.7 Å². The molecule has 0 aliphatic carbocycles. The lowest BCUT2D eigenvalue weighted by Crippen LogP contribution is -2.62. The minimum absolute atomic E-state index is 0.0647. The molecule has 2 N–H and O–H groups in total. The molecule has 2 aromatic heterocycles. The monoisotopic (exact) mass is 697 g/mol. The minimum Gasteiger partial charge on any atom is -0.451 e. The zero-order valence-electron chi connectivity index (χ0n) is 28.1. The number of likely N-dealkylation sites (tertiary alicyclic amines) is 1. The van der Waals surface area contributed by atoms with Crippen LogP contribution in [0.3, 0.4) is 0 Å². The van der Waals surface area contributed by atoms with Gasteiger partial charge in [0.1, 0.15) is 22.8 Å². The number of hydrogen-bond donors (Lipinski definition) is 2. The summed E-state index contributed by atoms with van der Waals surface area (Å²) in [5.41, 5.74) is 0.225. The Balaban J connectivity index is 1.02. The second-order valence-electron chi connectivity index (χ2n) is 13.6. The maximum atomic E-state index is 14.3. The molecule has 3 saturated heterocycles. The number of rotatable bonds is 11. The number of benzene rings is 1. The molecule has 3 aliphatic rings. The van der Waals surface area contributed by atoms with E-state index in [1.165, 1.54) is 43.0 Å². The van der Waals surface area contributed by atoms with Gasteiger partial charge < -0.3 is 24.4 Å². The van der Waals surface area contributed by atoms with E-state index in [-0.39, 0.29) is 40.2 Å². The largest absolute Gasteiger partial charge is 0.451 e. The van der Waals surface area contributed by atoms with Crippen LogP contribution < -0.4 is 14.4 Å². The van der Waals surface area contributed by atoms with Gasteiger partial charge in [-0.3, -0.25) is 14.7 Å². The Bertz CT molecular complexity index is 1720. The van der Waals surface area contributed by atoms with Crippen molar-refractivity contribution in [2.24, 2.45) is 5.41 Å². The van der Waals surface area contributed by atoms with Crippen LogP contribution in [0.2, 0.25) is 0 Å². The number of halogens is 1. The molecular weight excluding hydrogens is 653 g/mol. The van der Waals surface area contributed by atoms with Crippen molar-refractivity contribution in [2.45, 2.75) is 69.2 Å². The third-order valence-electron chi connectivity index (χ3n) is 9.72. The predicted molar refractivity (Wildman–Crippen MR) is 179 cm³/mol. The fraction of sp³-hybridized carbons (Fsp3) is 0.529. The lowest BCUT2D eigenvalue weighted by atomic mass is 9.72. The fourth-order valence-electron chi connectivity index (χ4n) is 6.98. The third kappa shape index (κ3) is 7.86. The number of sulfonamides is 1. The summed E-state index contributed by atoms with van der Waals surface area (Å²) in [5, 5.41) is 11.2. The number of β-amino-alcohol motifs (C(OH)–C–C–N with tert-alkyl or cyclic N) is 1. The van der Waals surface area contributed by atoms with Crippen molar-refractivity contribution in [3.05, 3.63) is 66.6 Å². The quantitative estimate of drug-likeness (QED) is 0.304. The molecular formula is C34H44FN7O6S. The highest BCUT2D eigenvalue weighted by Crippen LogP contribution is 2.45. The molecule has 5 heterocycles. The van der Waals surface area contributed by atoms with Crippen molar-refractivity contribution in [1.29, 1.82) is 0 Å². The summed E-state index contributed by atoms with van der Waals surface area (Å²) in [7, 11) is -3.72. The lowest BCUT2D eigenvalue weighted by Gasteiger charge is -2.55. The van der Waals surface area contributed by atoms with Crippen LogP contribution in [0.15, 0.2) is 60.1 Å².